The smallest absolute Gasteiger partial charge is 0.244 e. The lowest BCUT2D eigenvalue weighted by Gasteiger charge is -2.19. The maximum atomic E-state index is 12.8. The summed E-state index contributed by atoms with van der Waals surface area (Å²) < 4.78 is 28.4. The number of para-hydroxylation sites is 1. The second-order valence-corrected chi connectivity index (χ2v) is 10.6. The zero-order valence-electron chi connectivity index (χ0n) is 17.2. The summed E-state index contributed by atoms with van der Waals surface area (Å²) in [4.78, 5) is 16.9. The summed E-state index contributed by atoms with van der Waals surface area (Å²) >= 11 is 1.56. The van der Waals surface area contributed by atoms with E-state index in [1.165, 1.54) is 6.08 Å². The van der Waals surface area contributed by atoms with Gasteiger partial charge in [0.2, 0.25) is 15.9 Å². The van der Waals surface area contributed by atoms with Gasteiger partial charge in [0.1, 0.15) is 5.01 Å². The number of hydrogen-bond donors (Lipinski definition) is 1. The van der Waals surface area contributed by atoms with E-state index in [2.05, 4.69) is 10.3 Å². The molecule has 3 aromatic rings. The molecule has 8 heteroatoms. The van der Waals surface area contributed by atoms with Crippen molar-refractivity contribution in [1.29, 1.82) is 0 Å². The topological polar surface area (TPSA) is 79.4 Å². The molecule has 1 aliphatic heterocycles. The predicted octanol–water partition coefficient (Wildman–Crippen LogP) is 4.19. The second-order valence-electron chi connectivity index (χ2n) is 7.51. The van der Waals surface area contributed by atoms with Gasteiger partial charge in [0, 0.05) is 19.2 Å². The Balaban J connectivity index is 1.34. The van der Waals surface area contributed by atoms with Gasteiger partial charge in [-0.1, -0.05) is 37.1 Å². The van der Waals surface area contributed by atoms with Crippen LogP contribution in [0.1, 0.15) is 36.3 Å². The summed E-state index contributed by atoms with van der Waals surface area (Å²) in [6.45, 7) is 1.53. The van der Waals surface area contributed by atoms with E-state index >= 15 is 0 Å². The van der Waals surface area contributed by atoms with Crippen LogP contribution in [-0.4, -0.2) is 36.7 Å². The van der Waals surface area contributed by atoms with Crippen molar-refractivity contribution in [2.24, 2.45) is 0 Å². The van der Waals surface area contributed by atoms with Gasteiger partial charge in [-0.3, -0.25) is 4.79 Å². The number of nitrogens with one attached hydrogen (secondary N) is 1. The lowest BCUT2D eigenvalue weighted by Crippen LogP contribution is -2.31. The van der Waals surface area contributed by atoms with Gasteiger partial charge in [0.15, 0.2) is 0 Å². The number of benzene rings is 2. The molecule has 0 aliphatic carbocycles. The fourth-order valence-corrected chi connectivity index (χ4v) is 6.00. The Morgan fingerprint density at radius 3 is 2.45 bits per heavy atom. The first-order valence-electron chi connectivity index (χ1n) is 10.4. The van der Waals surface area contributed by atoms with Gasteiger partial charge in [0.05, 0.1) is 21.7 Å². The Labute approximate surface area is 186 Å². The first-order chi connectivity index (χ1) is 15.0. The van der Waals surface area contributed by atoms with E-state index in [9.17, 15) is 13.2 Å². The average Bonchev–Trinajstić information content (AvgIpc) is 2.99. The van der Waals surface area contributed by atoms with Crippen LogP contribution < -0.4 is 5.32 Å². The van der Waals surface area contributed by atoms with E-state index in [0.717, 1.165) is 46.5 Å². The highest BCUT2D eigenvalue weighted by atomic mass is 32.2. The Hall–Kier alpha value is -2.55. The number of sulfonamides is 1. The normalized spacial score (nSPS) is 15.9. The molecule has 1 aromatic heterocycles. The molecule has 1 saturated heterocycles. The summed E-state index contributed by atoms with van der Waals surface area (Å²) in [6.07, 6.45) is 7.10. The zero-order valence-corrected chi connectivity index (χ0v) is 18.8. The van der Waals surface area contributed by atoms with E-state index in [1.807, 2.05) is 24.3 Å². The fourth-order valence-electron chi connectivity index (χ4n) is 3.57. The van der Waals surface area contributed by atoms with Crippen LogP contribution in [0.3, 0.4) is 0 Å². The van der Waals surface area contributed by atoms with E-state index in [1.54, 1.807) is 46.0 Å². The zero-order chi connectivity index (χ0) is 21.7. The Morgan fingerprint density at radius 1 is 1.03 bits per heavy atom. The number of thiazole rings is 1. The summed E-state index contributed by atoms with van der Waals surface area (Å²) in [5, 5.41) is 3.69. The third-order valence-electron chi connectivity index (χ3n) is 5.26. The molecule has 0 radical (unpaired) electrons. The molecule has 0 saturated carbocycles. The lowest BCUT2D eigenvalue weighted by atomic mass is 10.2. The molecule has 0 bridgehead atoms. The van der Waals surface area contributed by atoms with Gasteiger partial charge in [-0.2, -0.15) is 4.31 Å². The fraction of sp³-hybridized carbons (Fsp3) is 0.304. The van der Waals surface area contributed by atoms with Gasteiger partial charge in [0.25, 0.3) is 0 Å². The second kappa shape index (κ2) is 9.72. The van der Waals surface area contributed by atoms with E-state index < -0.39 is 10.0 Å². The first-order valence-corrected chi connectivity index (χ1v) is 12.7. The summed E-state index contributed by atoms with van der Waals surface area (Å²) in [6, 6.07) is 14.5. The molecular formula is C23H25N3O3S2. The van der Waals surface area contributed by atoms with Crippen molar-refractivity contribution < 1.29 is 13.2 Å². The van der Waals surface area contributed by atoms with Crippen molar-refractivity contribution in [2.45, 2.75) is 37.1 Å². The van der Waals surface area contributed by atoms with Gasteiger partial charge in [-0.15, -0.1) is 11.3 Å². The Kier molecular flexibility index (Phi) is 6.80. The number of carbonyl (C=O) groups is 1. The van der Waals surface area contributed by atoms with Crippen molar-refractivity contribution >= 4 is 43.6 Å². The molecule has 1 N–H and O–H groups in total. The minimum absolute atomic E-state index is 0.222. The van der Waals surface area contributed by atoms with Crippen LogP contribution in [0.5, 0.6) is 0 Å². The van der Waals surface area contributed by atoms with Gasteiger partial charge in [-0.05, 0) is 48.7 Å². The molecule has 1 amide bonds. The maximum absolute atomic E-state index is 12.8. The number of aromatic nitrogens is 1. The standard InChI is InChI=1S/C23H25N3O3S2/c27-22(24-17-23-25-20-7-3-4-8-21(20)30-23)14-11-18-9-12-19(13-10-18)31(28,29)26-15-5-1-2-6-16-26/h3-4,7-14H,1-2,5-6,15-17H2,(H,24,27)/b14-11+. The van der Waals surface area contributed by atoms with Crippen molar-refractivity contribution in [2.75, 3.05) is 13.1 Å². The molecule has 162 valence electrons. The summed E-state index contributed by atoms with van der Waals surface area (Å²) in [5.74, 6) is -0.222. The van der Waals surface area contributed by atoms with Crippen molar-refractivity contribution in [1.82, 2.24) is 14.6 Å². The Bertz CT molecular complexity index is 1140. The van der Waals surface area contributed by atoms with Crippen LogP contribution in [0.25, 0.3) is 16.3 Å². The van der Waals surface area contributed by atoms with Crippen LogP contribution in [0.4, 0.5) is 0 Å². The molecule has 0 spiro atoms. The van der Waals surface area contributed by atoms with Crippen LogP contribution in [0, 0.1) is 0 Å². The quantitative estimate of drug-likeness (QED) is 0.565. The molecule has 1 fully saturated rings. The van der Waals surface area contributed by atoms with Gasteiger partial charge in [-0.25, -0.2) is 13.4 Å². The molecule has 2 heterocycles. The summed E-state index contributed by atoms with van der Waals surface area (Å²) in [5.41, 5.74) is 1.70. The van der Waals surface area contributed by atoms with E-state index in [4.69, 9.17) is 0 Å². The highest BCUT2D eigenvalue weighted by molar-refractivity contribution is 7.89. The highest BCUT2D eigenvalue weighted by Gasteiger charge is 2.24. The summed E-state index contributed by atoms with van der Waals surface area (Å²) in [7, 11) is -3.46. The molecule has 6 nitrogen and oxygen atoms in total. The van der Waals surface area contributed by atoms with Crippen LogP contribution in [0.15, 0.2) is 59.5 Å². The van der Waals surface area contributed by atoms with Crippen LogP contribution >= 0.6 is 11.3 Å². The largest absolute Gasteiger partial charge is 0.346 e. The molecule has 4 rings (SSSR count). The van der Waals surface area contributed by atoms with E-state index in [0.29, 0.717) is 24.5 Å². The molecule has 1 aliphatic rings. The molecule has 2 aromatic carbocycles. The monoisotopic (exact) mass is 455 g/mol. The number of rotatable bonds is 6. The average molecular weight is 456 g/mol. The third kappa shape index (κ3) is 5.39. The predicted molar refractivity (Wildman–Crippen MR) is 124 cm³/mol. The van der Waals surface area contributed by atoms with Gasteiger partial charge >= 0.3 is 0 Å². The van der Waals surface area contributed by atoms with Crippen molar-refractivity contribution in [3.63, 3.8) is 0 Å². The number of fused-ring (bicyclic) bond motifs is 1. The minimum atomic E-state index is -3.46. The maximum Gasteiger partial charge on any atom is 0.244 e. The third-order valence-corrected chi connectivity index (χ3v) is 8.21. The molecule has 0 atom stereocenters. The van der Waals surface area contributed by atoms with Gasteiger partial charge < -0.3 is 5.32 Å². The van der Waals surface area contributed by atoms with Crippen LogP contribution in [0.2, 0.25) is 0 Å². The molecule has 0 unspecified atom stereocenters. The number of nitrogens with zero attached hydrogens (tertiary/aromatic N) is 2. The number of hydrogen-bond acceptors (Lipinski definition) is 5. The first kappa shape index (κ1) is 21.7. The van der Waals surface area contributed by atoms with E-state index in [-0.39, 0.29) is 5.91 Å². The van der Waals surface area contributed by atoms with Crippen molar-refractivity contribution in [3.8, 4) is 0 Å². The number of amides is 1. The Morgan fingerprint density at radius 2 is 1.74 bits per heavy atom. The minimum Gasteiger partial charge on any atom is -0.346 e. The highest BCUT2D eigenvalue weighted by Crippen LogP contribution is 2.22. The van der Waals surface area contributed by atoms with Crippen molar-refractivity contribution in [3.05, 3.63) is 65.2 Å². The molecule has 31 heavy (non-hydrogen) atoms. The number of carbonyl (C=O) groups excluding carboxylic acids is 1. The SMILES string of the molecule is O=C(/C=C/c1ccc(S(=O)(=O)N2CCCCCC2)cc1)NCc1nc2ccccc2s1. The lowest BCUT2D eigenvalue weighted by molar-refractivity contribution is -0.116. The van der Waals surface area contributed by atoms with Crippen LogP contribution in [-0.2, 0) is 21.4 Å². The molecular weight excluding hydrogens is 430 g/mol.